The quantitative estimate of drug-likeness (QED) is 0.861. The number of aryl methyl sites for hydroxylation is 1. The number of carboxylic acid groups (broad SMARTS) is 1. The largest absolute Gasteiger partial charge is 0.477 e. The van der Waals surface area contributed by atoms with E-state index in [1.54, 1.807) is 0 Å². The molecule has 2 aromatic rings. The van der Waals surface area contributed by atoms with E-state index >= 15 is 0 Å². The number of halogens is 1. The molecule has 0 atom stereocenters. The molecule has 9 heteroatoms. The van der Waals surface area contributed by atoms with Gasteiger partial charge in [-0.3, -0.25) is 9.48 Å². The lowest BCUT2D eigenvalue weighted by molar-refractivity contribution is 0.0684. The Kier molecular flexibility index (Phi) is 3.43. The Labute approximate surface area is 112 Å². The van der Waals surface area contributed by atoms with Gasteiger partial charge in [0, 0.05) is 19.3 Å². The molecule has 0 unspecified atom stereocenters. The van der Waals surface area contributed by atoms with Gasteiger partial charge in [0.1, 0.15) is 12.0 Å². The molecule has 0 aromatic carbocycles. The Balaban J connectivity index is 2.22. The molecule has 8 nitrogen and oxygen atoms in total. The highest BCUT2D eigenvalue weighted by molar-refractivity contribution is 6.33. The SMILES string of the molecule is Cn1nc(NC(=O)c2ncncc2Cl)cc1C(=O)O. The number of aromatic nitrogens is 4. The molecule has 0 fully saturated rings. The van der Waals surface area contributed by atoms with E-state index in [1.165, 1.54) is 25.6 Å². The van der Waals surface area contributed by atoms with Crippen LogP contribution in [0.25, 0.3) is 0 Å². The highest BCUT2D eigenvalue weighted by atomic mass is 35.5. The van der Waals surface area contributed by atoms with Crippen LogP contribution in [0.4, 0.5) is 5.82 Å². The molecular formula is C10H8ClN5O3. The van der Waals surface area contributed by atoms with Gasteiger partial charge in [-0.25, -0.2) is 14.8 Å². The van der Waals surface area contributed by atoms with Crippen LogP contribution in [0, 0.1) is 0 Å². The van der Waals surface area contributed by atoms with Crippen LogP contribution in [0.15, 0.2) is 18.6 Å². The molecule has 98 valence electrons. The average molecular weight is 282 g/mol. The van der Waals surface area contributed by atoms with E-state index in [4.69, 9.17) is 16.7 Å². The van der Waals surface area contributed by atoms with Crippen molar-refractivity contribution in [2.24, 2.45) is 7.05 Å². The van der Waals surface area contributed by atoms with Crippen LogP contribution in [0.2, 0.25) is 5.02 Å². The lowest BCUT2D eigenvalue weighted by Crippen LogP contribution is -2.15. The molecule has 2 heterocycles. The Morgan fingerprint density at radius 1 is 1.47 bits per heavy atom. The zero-order valence-electron chi connectivity index (χ0n) is 9.66. The predicted molar refractivity (Wildman–Crippen MR) is 65.2 cm³/mol. The van der Waals surface area contributed by atoms with E-state index in [1.807, 2.05) is 0 Å². The number of carboxylic acids is 1. The second-order valence-electron chi connectivity index (χ2n) is 3.52. The summed E-state index contributed by atoms with van der Waals surface area (Å²) in [5.74, 6) is -1.64. The van der Waals surface area contributed by atoms with Gasteiger partial charge in [-0.05, 0) is 0 Å². The van der Waals surface area contributed by atoms with E-state index < -0.39 is 11.9 Å². The fourth-order valence-corrected chi connectivity index (χ4v) is 1.57. The highest BCUT2D eigenvalue weighted by Crippen LogP contribution is 2.14. The lowest BCUT2D eigenvalue weighted by Gasteiger charge is -2.01. The number of anilines is 1. The minimum absolute atomic E-state index is 0.0146. The van der Waals surface area contributed by atoms with Crippen molar-refractivity contribution < 1.29 is 14.7 Å². The number of rotatable bonds is 3. The number of amides is 1. The Bertz CT molecular complexity index is 654. The van der Waals surface area contributed by atoms with Crippen molar-refractivity contribution in [1.29, 1.82) is 0 Å². The number of carbonyl (C=O) groups is 2. The first-order valence-electron chi connectivity index (χ1n) is 5.03. The fourth-order valence-electron chi connectivity index (χ4n) is 1.38. The monoisotopic (exact) mass is 281 g/mol. The van der Waals surface area contributed by atoms with Crippen LogP contribution in [0.3, 0.4) is 0 Å². The summed E-state index contributed by atoms with van der Waals surface area (Å²) in [7, 11) is 1.46. The van der Waals surface area contributed by atoms with Gasteiger partial charge >= 0.3 is 5.97 Å². The van der Waals surface area contributed by atoms with Crippen molar-refractivity contribution in [3.8, 4) is 0 Å². The topological polar surface area (TPSA) is 110 Å². The predicted octanol–water partition coefficient (Wildman–Crippen LogP) is 0.814. The second kappa shape index (κ2) is 5.02. The molecule has 0 aliphatic rings. The van der Waals surface area contributed by atoms with E-state index in [2.05, 4.69) is 20.4 Å². The van der Waals surface area contributed by atoms with Crippen molar-refractivity contribution in [3.05, 3.63) is 35.0 Å². The van der Waals surface area contributed by atoms with Crippen LogP contribution in [-0.4, -0.2) is 36.7 Å². The molecule has 2 N–H and O–H groups in total. The van der Waals surface area contributed by atoms with Gasteiger partial charge in [0.05, 0.1) is 5.02 Å². The van der Waals surface area contributed by atoms with Gasteiger partial charge in [-0.15, -0.1) is 0 Å². The third-order valence-corrected chi connectivity index (χ3v) is 2.50. The summed E-state index contributed by atoms with van der Waals surface area (Å²) in [5.41, 5.74) is -0.0664. The van der Waals surface area contributed by atoms with Gasteiger partial charge in [0.15, 0.2) is 11.5 Å². The summed E-state index contributed by atoms with van der Waals surface area (Å²) in [6.07, 6.45) is 2.46. The summed E-state index contributed by atoms with van der Waals surface area (Å²) in [4.78, 5) is 30.1. The Morgan fingerprint density at radius 2 is 2.21 bits per heavy atom. The Morgan fingerprint density at radius 3 is 2.79 bits per heavy atom. The first kappa shape index (κ1) is 13.0. The third kappa shape index (κ3) is 2.68. The van der Waals surface area contributed by atoms with Gasteiger partial charge in [-0.2, -0.15) is 5.10 Å². The number of aromatic carboxylic acids is 1. The number of hydrogen-bond donors (Lipinski definition) is 2. The van der Waals surface area contributed by atoms with E-state index in [0.717, 1.165) is 4.68 Å². The summed E-state index contributed by atoms with van der Waals surface area (Å²) < 4.78 is 1.14. The zero-order chi connectivity index (χ0) is 14.0. The number of carbonyl (C=O) groups excluding carboxylic acids is 1. The van der Waals surface area contributed by atoms with E-state index in [9.17, 15) is 9.59 Å². The van der Waals surface area contributed by atoms with Crippen LogP contribution in [-0.2, 0) is 7.05 Å². The molecule has 0 saturated carbocycles. The third-order valence-electron chi connectivity index (χ3n) is 2.22. The fraction of sp³-hybridized carbons (Fsp3) is 0.100. The minimum Gasteiger partial charge on any atom is -0.477 e. The van der Waals surface area contributed by atoms with Crippen LogP contribution < -0.4 is 5.32 Å². The maximum atomic E-state index is 11.8. The van der Waals surface area contributed by atoms with Crippen LogP contribution >= 0.6 is 11.6 Å². The van der Waals surface area contributed by atoms with Crippen LogP contribution in [0.5, 0.6) is 0 Å². The summed E-state index contributed by atoms with van der Waals surface area (Å²) in [6, 6.07) is 1.23. The van der Waals surface area contributed by atoms with Crippen molar-refractivity contribution in [2.75, 3.05) is 5.32 Å². The van der Waals surface area contributed by atoms with Crippen molar-refractivity contribution in [1.82, 2.24) is 19.7 Å². The van der Waals surface area contributed by atoms with Crippen molar-refractivity contribution >= 4 is 29.3 Å². The molecule has 0 aliphatic carbocycles. The lowest BCUT2D eigenvalue weighted by atomic mass is 10.3. The normalized spacial score (nSPS) is 10.2. The standard InChI is InChI=1S/C10H8ClN5O3/c1-16-6(10(18)19)2-7(15-16)14-9(17)8-5(11)3-12-4-13-8/h2-4H,1H3,(H,18,19)(H,14,15,17). The minimum atomic E-state index is -1.14. The maximum absolute atomic E-state index is 11.8. The zero-order valence-corrected chi connectivity index (χ0v) is 10.4. The molecule has 2 aromatic heterocycles. The number of nitrogens with one attached hydrogen (secondary N) is 1. The highest BCUT2D eigenvalue weighted by Gasteiger charge is 2.16. The first-order chi connectivity index (χ1) is 8.99. The van der Waals surface area contributed by atoms with E-state index in [-0.39, 0.29) is 22.2 Å². The van der Waals surface area contributed by atoms with Crippen LogP contribution in [0.1, 0.15) is 21.0 Å². The van der Waals surface area contributed by atoms with Gasteiger partial charge in [0.25, 0.3) is 5.91 Å². The van der Waals surface area contributed by atoms with Crippen molar-refractivity contribution in [2.45, 2.75) is 0 Å². The maximum Gasteiger partial charge on any atom is 0.354 e. The Hall–Kier alpha value is -2.48. The van der Waals surface area contributed by atoms with E-state index in [0.29, 0.717) is 0 Å². The molecule has 0 bridgehead atoms. The molecular weight excluding hydrogens is 274 g/mol. The molecule has 0 spiro atoms. The summed E-state index contributed by atoms with van der Waals surface area (Å²) in [5, 5.41) is 15.2. The molecule has 19 heavy (non-hydrogen) atoms. The molecule has 0 radical (unpaired) electrons. The number of nitrogens with zero attached hydrogens (tertiary/aromatic N) is 4. The second-order valence-corrected chi connectivity index (χ2v) is 3.92. The summed E-state index contributed by atoms with van der Waals surface area (Å²) in [6.45, 7) is 0. The molecule has 0 aliphatic heterocycles. The average Bonchev–Trinajstić information content (AvgIpc) is 2.70. The molecule has 2 rings (SSSR count). The number of hydrogen-bond acceptors (Lipinski definition) is 5. The van der Waals surface area contributed by atoms with Crippen molar-refractivity contribution in [3.63, 3.8) is 0 Å². The smallest absolute Gasteiger partial charge is 0.354 e. The van der Waals surface area contributed by atoms with Gasteiger partial charge < -0.3 is 10.4 Å². The van der Waals surface area contributed by atoms with Gasteiger partial charge in [-0.1, -0.05) is 11.6 Å². The molecule has 1 amide bonds. The van der Waals surface area contributed by atoms with Gasteiger partial charge in [0.2, 0.25) is 0 Å². The summed E-state index contributed by atoms with van der Waals surface area (Å²) >= 11 is 5.77. The first-order valence-corrected chi connectivity index (χ1v) is 5.41. The molecule has 0 saturated heterocycles.